The molecule has 0 saturated carbocycles. The van der Waals surface area contributed by atoms with Crippen LogP contribution in [0.1, 0.15) is 30.1 Å². The molecule has 9 heteroatoms. The summed E-state index contributed by atoms with van der Waals surface area (Å²) >= 11 is 1.53. The molecule has 2 aliphatic heterocycles. The fourth-order valence-corrected chi connectivity index (χ4v) is 5.54. The Bertz CT molecular complexity index is 1220. The number of likely N-dealkylation sites (N-methyl/N-ethyl adjacent to an activating group) is 1. The predicted octanol–water partition coefficient (Wildman–Crippen LogP) is 3.58. The topological polar surface area (TPSA) is 91.8 Å². The highest BCUT2D eigenvalue weighted by atomic mass is 32.1. The van der Waals surface area contributed by atoms with E-state index in [1.165, 1.54) is 11.3 Å². The number of Topliss-reactive ketones (excluding diaryl/α,β-unsaturated/α-hetero) is 1. The number of para-hydroxylation sites is 1. The Morgan fingerprint density at radius 2 is 2.00 bits per heavy atom. The molecule has 1 aromatic heterocycles. The van der Waals surface area contributed by atoms with Crippen LogP contribution in [0.4, 0.5) is 10.8 Å². The minimum Gasteiger partial charge on any atom is -0.482 e. The number of anilines is 2. The van der Waals surface area contributed by atoms with Gasteiger partial charge in [-0.05, 0) is 63.2 Å². The number of benzene rings is 2. The lowest BCUT2D eigenvalue weighted by molar-refractivity contribution is -0.120. The van der Waals surface area contributed by atoms with Crippen LogP contribution < -0.4 is 15.0 Å². The van der Waals surface area contributed by atoms with Gasteiger partial charge in [-0.25, -0.2) is 4.98 Å². The number of ether oxygens (including phenoxy) is 1. The number of ketones is 1. The maximum Gasteiger partial charge on any atom is 0.262 e. The average Bonchev–Trinajstić information content (AvgIpc) is 3.27. The molecular formula is C25H26N4O4S. The fraction of sp³-hybridized carbons (Fsp3) is 0.360. The molecule has 176 valence electrons. The SMILES string of the molecule is CCN(C(=O)CN1CCC(C(=O)c2ccc3c(c2)NC(=O)CO3)CC1)c1nc2ccccc2s1. The molecule has 0 aliphatic carbocycles. The summed E-state index contributed by atoms with van der Waals surface area (Å²) in [6.07, 6.45) is 1.39. The Kier molecular flexibility index (Phi) is 6.30. The van der Waals surface area contributed by atoms with Gasteiger partial charge >= 0.3 is 0 Å². The first-order chi connectivity index (χ1) is 16.5. The van der Waals surface area contributed by atoms with Crippen molar-refractivity contribution in [3.63, 3.8) is 0 Å². The Labute approximate surface area is 201 Å². The van der Waals surface area contributed by atoms with E-state index >= 15 is 0 Å². The number of likely N-dealkylation sites (tertiary alicyclic amines) is 1. The molecule has 0 bridgehead atoms. The number of nitrogens with zero attached hydrogens (tertiary/aromatic N) is 3. The van der Waals surface area contributed by atoms with Crippen molar-refractivity contribution < 1.29 is 19.1 Å². The van der Waals surface area contributed by atoms with Crippen molar-refractivity contribution in [1.82, 2.24) is 9.88 Å². The monoisotopic (exact) mass is 478 g/mol. The minimum atomic E-state index is -0.220. The number of nitrogens with one attached hydrogen (secondary N) is 1. The number of amides is 2. The molecule has 34 heavy (non-hydrogen) atoms. The number of thiazole rings is 1. The third-order valence-electron chi connectivity index (χ3n) is 6.34. The number of hydrogen-bond acceptors (Lipinski definition) is 7. The molecule has 2 amide bonds. The van der Waals surface area contributed by atoms with E-state index in [-0.39, 0.29) is 30.1 Å². The number of rotatable bonds is 6. The predicted molar refractivity (Wildman–Crippen MR) is 132 cm³/mol. The number of aromatic nitrogens is 1. The zero-order valence-electron chi connectivity index (χ0n) is 19.0. The first-order valence-electron chi connectivity index (χ1n) is 11.5. The van der Waals surface area contributed by atoms with E-state index in [0.717, 1.165) is 15.3 Å². The molecule has 0 spiro atoms. The van der Waals surface area contributed by atoms with Gasteiger partial charge in [0.1, 0.15) is 5.75 Å². The van der Waals surface area contributed by atoms with Crippen molar-refractivity contribution in [2.24, 2.45) is 5.92 Å². The lowest BCUT2D eigenvalue weighted by Gasteiger charge is -2.32. The van der Waals surface area contributed by atoms with Gasteiger partial charge in [-0.15, -0.1) is 0 Å². The highest BCUT2D eigenvalue weighted by molar-refractivity contribution is 7.22. The lowest BCUT2D eigenvalue weighted by Crippen LogP contribution is -2.44. The van der Waals surface area contributed by atoms with Gasteiger partial charge in [0.05, 0.1) is 22.4 Å². The zero-order valence-corrected chi connectivity index (χ0v) is 19.8. The summed E-state index contributed by atoms with van der Waals surface area (Å²) in [5.41, 5.74) is 2.02. The van der Waals surface area contributed by atoms with E-state index in [9.17, 15) is 14.4 Å². The minimum absolute atomic E-state index is 0.00803. The maximum absolute atomic E-state index is 13.1. The third-order valence-corrected chi connectivity index (χ3v) is 7.40. The molecule has 1 saturated heterocycles. The van der Waals surface area contributed by atoms with E-state index in [1.54, 1.807) is 23.1 Å². The summed E-state index contributed by atoms with van der Waals surface area (Å²) in [6.45, 7) is 4.20. The molecule has 5 rings (SSSR count). The van der Waals surface area contributed by atoms with Gasteiger partial charge in [-0.1, -0.05) is 23.5 Å². The van der Waals surface area contributed by atoms with Gasteiger partial charge in [0.25, 0.3) is 5.91 Å². The number of carbonyl (C=O) groups excluding carboxylic acids is 3. The van der Waals surface area contributed by atoms with E-state index in [4.69, 9.17) is 4.74 Å². The van der Waals surface area contributed by atoms with Crippen molar-refractivity contribution in [2.45, 2.75) is 19.8 Å². The van der Waals surface area contributed by atoms with Crippen LogP contribution in [0.5, 0.6) is 5.75 Å². The Balaban J connectivity index is 1.19. The quantitative estimate of drug-likeness (QED) is 0.545. The molecule has 2 aliphatic rings. The number of fused-ring (bicyclic) bond motifs is 2. The molecule has 0 radical (unpaired) electrons. The van der Waals surface area contributed by atoms with E-state index in [2.05, 4.69) is 15.2 Å². The van der Waals surface area contributed by atoms with E-state index in [0.29, 0.717) is 56.0 Å². The van der Waals surface area contributed by atoms with Crippen LogP contribution in [0, 0.1) is 5.92 Å². The zero-order chi connectivity index (χ0) is 23.7. The molecule has 3 heterocycles. The van der Waals surface area contributed by atoms with Crippen molar-refractivity contribution in [3.8, 4) is 5.75 Å². The van der Waals surface area contributed by atoms with Crippen LogP contribution in [-0.4, -0.2) is 60.3 Å². The van der Waals surface area contributed by atoms with Crippen LogP contribution in [-0.2, 0) is 9.59 Å². The highest BCUT2D eigenvalue weighted by Gasteiger charge is 2.29. The number of hydrogen-bond donors (Lipinski definition) is 1. The molecule has 1 N–H and O–H groups in total. The summed E-state index contributed by atoms with van der Waals surface area (Å²) in [7, 11) is 0. The standard InChI is InChI=1S/C25H26N4O4S/c1-2-29(25-27-18-5-3-4-6-21(18)34-25)23(31)14-28-11-9-16(10-12-28)24(32)17-7-8-20-19(13-17)26-22(30)15-33-20/h3-8,13,16H,2,9-12,14-15H2,1H3,(H,26,30). The second kappa shape index (κ2) is 9.52. The van der Waals surface area contributed by atoms with E-state index in [1.807, 2.05) is 31.2 Å². The first-order valence-corrected chi connectivity index (χ1v) is 12.3. The Hall–Kier alpha value is -3.30. The molecule has 0 atom stereocenters. The smallest absolute Gasteiger partial charge is 0.262 e. The van der Waals surface area contributed by atoms with Crippen molar-refractivity contribution >= 4 is 50.0 Å². The van der Waals surface area contributed by atoms with Crippen molar-refractivity contribution in [2.75, 3.05) is 43.0 Å². The molecule has 1 fully saturated rings. The Morgan fingerprint density at radius 1 is 1.21 bits per heavy atom. The molecular weight excluding hydrogens is 452 g/mol. The molecule has 2 aromatic carbocycles. The average molecular weight is 479 g/mol. The molecule has 8 nitrogen and oxygen atoms in total. The van der Waals surface area contributed by atoms with Gasteiger partial charge in [0.2, 0.25) is 5.91 Å². The fourth-order valence-electron chi connectivity index (χ4n) is 4.50. The Morgan fingerprint density at radius 3 is 2.76 bits per heavy atom. The summed E-state index contributed by atoms with van der Waals surface area (Å²) in [5, 5.41) is 3.48. The normalized spacial score (nSPS) is 16.6. The second-order valence-electron chi connectivity index (χ2n) is 8.56. The number of piperidine rings is 1. The second-order valence-corrected chi connectivity index (χ2v) is 9.57. The highest BCUT2D eigenvalue weighted by Crippen LogP contribution is 2.31. The summed E-state index contributed by atoms with van der Waals surface area (Å²) < 4.78 is 6.44. The third kappa shape index (κ3) is 4.53. The maximum atomic E-state index is 13.1. The molecule has 0 unspecified atom stereocenters. The van der Waals surface area contributed by atoms with Gasteiger partial charge in [-0.3, -0.25) is 24.2 Å². The van der Waals surface area contributed by atoms with E-state index < -0.39 is 0 Å². The van der Waals surface area contributed by atoms with Crippen LogP contribution in [0.25, 0.3) is 10.2 Å². The molecule has 3 aromatic rings. The van der Waals surface area contributed by atoms with Gasteiger partial charge in [0, 0.05) is 18.0 Å². The van der Waals surface area contributed by atoms with Crippen LogP contribution >= 0.6 is 11.3 Å². The van der Waals surface area contributed by atoms with Crippen LogP contribution in [0.15, 0.2) is 42.5 Å². The van der Waals surface area contributed by atoms with Crippen molar-refractivity contribution in [1.29, 1.82) is 0 Å². The van der Waals surface area contributed by atoms with Gasteiger partial charge in [-0.2, -0.15) is 0 Å². The lowest BCUT2D eigenvalue weighted by atomic mass is 9.88. The number of carbonyl (C=O) groups is 3. The summed E-state index contributed by atoms with van der Waals surface area (Å²) in [5.74, 6) is 0.353. The largest absolute Gasteiger partial charge is 0.482 e. The van der Waals surface area contributed by atoms with Crippen molar-refractivity contribution in [3.05, 3.63) is 48.0 Å². The van der Waals surface area contributed by atoms with Gasteiger partial charge < -0.3 is 10.1 Å². The van der Waals surface area contributed by atoms with Crippen LogP contribution in [0.3, 0.4) is 0 Å². The van der Waals surface area contributed by atoms with Crippen LogP contribution in [0.2, 0.25) is 0 Å². The summed E-state index contributed by atoms with van der Waals surface area (Å²) in [6, 6.07) is 13.1. The first kappa shape index (κ1) is 22.5. The summed E-state index contributed by atoms with van der Waals surface area (Å²) in [4.78, 5) is 46.2. The van der Waals surface area contributed by atoms with Gasteiger partial charge in [0.15, 0.2) is 17.5 Å².